The monoisotopic (exact) mass is 241 g/mol. The van der Waals surface area contributed by atoms with Crippen molar-refractivity contribution in [2.24, 2.45) is 5.92 Å². The van der Waals surface area contributed by atoms with Gasteiger partial charge in [0, 0.05) is 6.54 Å². The van der Waals surface area contributed by atoms with Crippen molar-refractivity contribution in [3.8, 4) is 0 Å². The Labute approximate surface area is 87.9 Å². The zero-order valence-electron chi connectivity index (χ0n) is 7.66. The minimum Gasteiger partial charge on any atom is -0.351 e. The van der Waals surface area contributed by atoms with Gasteiger partial charge in [0.05, 0.1) is 10.8 Å². The molecule has 0 rings (SSSR count). The molecule has 2 N–H and O–H groups in total. The van der Waals surface area contributed by atoms with Crippen LogP contribution in [0.2, 0.25) is 0 Å². The Hall–Kier alpha value is -0.590. The maximum absolute atomic E-state index is 10.9. The smallest absolute Gasteiger partial charge is 0.265 e. The molecule has 0 radical (unpaired) electrons. The van der Waals surface area contributed by atoms with Crippen molar-refractivity contribution in [1.29, 1.82) is 0 Å². The second kappa shape index (κ2) is 5.33. The van der Waals surface area contributed by atoms with Gasteiger partial charge in [-0.15, -0.1) is 0 Å². The van der Waals surface area contributed by atoms with Crippen LogP contribution in [0.25, 0.3) is 0 Å². The van der Waals surface area contributed by atoms with Crippen molar-refractivity contribution in [2.45, 2.75) is 6.92 Å². The molecule has 0 aromatic heterocycles. The number of amides is 1. The highest BCUT2D eigenvalue weighted by atomic mass is 35.5. The third-order valence-corrected chi connectivity index (χ3v) is 2.51. The topological polar surface area (TPSA) is 83.5 Å². The minimum absolute atomic E-state index is 0.115. The summed E-state index contributed by atoms with van der Waals surface area (Å²) in [6, 6.07) is 0. The molecule has 0 saturated heterocycles. The van der Waals surface area contributed by atoms with E-state index >= 15 is 0 Å². The number of rotatable bonds is 5. The molecule has 0 heterocycles. The maximum atomic E-state index is 10.9. The fourth-order valence-electron chi connectivity index (χ4n) is 0.781. The highest BCUT2D eigenvalue weighted by Crippen LogP contribution is 2.00. The number of carbonyl (C=O) groups is 1. The molecule has 1 unspecified atom stereocenters. The zero-order valence-corrected chi connectivity index (χ0v) is 9.23. The molecule has 5 nitrogen and oxygen atoms in total. The van der Waals surface area contributed by atoms with Gasteiger partial charge in [-0.25, -0.2) is 0 Å². The molecule has 0 aromatic carbocycles. The summed E-state index contributed by atoms with van der Waals surface area (Å²) in [7, 11) is -4.00. The second-order valence-electron chi connectivity index (χ2n) is 2.97. The van der Waals surface area contributed by atoms with Crippen molar-refractivity contribution in [1.82, 2.24) is 5.32 Å². The lowest BCUT2D eigenvalue weighted by atomic mass is 10.2. The first-order chi connectivity index (χ1) is 6.22. The Morgan fingerprint density at radius 1 is 1.64 bits per heavy atom. The average molecular weight is 242 g/mol. The molecule has 0 saturated carbocycles. The van der Waals surface area contributed by atoms with Crippen LogP contribution in [0.3, 0.4) is 0 Å². The normalized spacial score (nSPS) is 13.4. The van der Waals surface area contributed by atoms with Gasteiger partial charge in [-0.05, 0) is 5.92 Å². The molecule has 1 atom stereocenters. The van der Waals surface area contributed by atoms with Gasteiger partial charge in [-0.2, -0.15) is 8.42 Å². The molecule has 0 aliphatic carbocycles. The average Bonchev–Trinajstić information content (AvgIpc) is 1.96. The van der Waals surface area contributed by atoms with E-state index in [9.17, 15) is 13.2 Å². The standard InChI is InChI=1S/C7H12ClNO4S/c1-5(4-14(11,12)13)3-9-7(10)6(2)8/h5H,2-4H2,1H3,(H,9,10)(H,11,12,13). The summed E-state index contributed by atoms with van der Waals surface area (Å²) in [5, 5.41) is 2.20. The summed E-state index contributed by atoms with van der Waals surface area (Å²) in [5.41, 5.74) is 0. The Kier molecular flexibility index (Phi) is 5.11. The predicted molar refractivity (Wildman–Crippen MR) is 53.6 cm³/mol. The Balaban J connectivity index is 3.92. The first-order valence-electron chi connectivity index (χ1n) is 3.80. The van der Waals surface area contributed by atoms with Gasteiger partial charge in [-0.3, -0.25) is 9.35 Å². The maximum Gasteiger partial charge on any atom is 0.265 e. The van der Waals surface area contributed by atoms with Gasteiger partial charge in [0.15, 0.2) is 0 Å². The van der Waals surface area contributed by atoms with Gasteiger partial charge >= 0.3 is 0 Å². The number of nitrogens with one attached hydrogen (secondary N) is 1. The first-order valence-corrected chi connectivity index (χ1v) is 5.79. The third-order valence-electron chi connectivity index (χ3n) is 1.35. The fraction of sp³-hybridized carbons (Fsp3) is 0.571. The molecule has 14 heavy (non-hydrogen) atoms. The van der Waals surface area contributed by atoms with E-state index in [1.54, 1.807) is 6.92 Å². The van der Waals surface area contributed by atoms with Crippen LogP contribution in [0.15, 0.2) is 11.6 Å². The summed E-state index contributed by atoms with van der Waals surface area (Å²) in [4.78, 5) is 10.9. The van der Waals surface area contributed by atoms with Crippen LogP contribution in [0.5, 0.6) is 0 Å². The van der Waals surface area contributed by atoms with Gasteiger partial charge in [-0.1, -0.05) is 25.1 Å². The number of hydrogen-bond donors (Lipinski definition) is 2. The molecule has 0 aliphatic rings. The van der Waals surface area contributed by atoms with Crippen LogP contribution in [-0.2, 0) is 14.9 Å². The molecular formula is C7H12ClNO4S. The summed E-state index contributed by atoms with van der Waals surface area (Å²) < 4.78 is 29.3. The van der Waals surface area contributed by atoms with Crippen molar-refractivity contribution in [2.75, 3.05) is 12.3 Å². The van der Waals surface area contributed by atoms with Crippen LogP contribution >= 0.6 is 11.6 Å². The summed E-state index contributed by atoms with van der Waals surface area (Å²) >= 11 is 5.27. The van der Waals surface area contributed by atoms with Gasteiger partial charge in [0.1, 0.15) is 0 Å². The molecular weight excluding hydrogens is 230 g/mol. The van der Waals surface area contributed by atoms with Crippen LogP contribution in [0, 0.1) is 5.92 Å². The van der Waals surface area contributed by atoms with E-state index in [4.69, 9.17) is 16.2 Å². The summed E-state index contributed by atoms with van der Waals surface area (Å²) in [5.74, 6) is -1.33. The molecule has 0 fully saturated rings. The van der Waals surface area contributed by atoms with Gasteiger partial charge in [0.2, 0.25) is 0 Å². The van der Waals surface area contributed by atoms with E-state index < -0.39 is 21.8 Å². The van der Waals surface area contributed by atoms with Crippen LogP contribution < -0.4 is 5.32 Å². The lowest BCUT2D eigenvalue weighted by Crippen LogP contribution is -2.30. The molecule has 0 bridgehead atoms. The lowest BCUT2D eigenvalue weighted by molar-refractivity contribution is -0.117. The molecule has 0 aliphatic heterocycles. The van der Waals surface area contributed by atoms with Crippen LogP contribution in [0.4, 0.5) is 0 Å². The van der Waals surface area contributed by atoms with E-state index in [0.29, 0.717) is 0 Å². The van der Waals surface area contributed by atoms with Crippen molar-refractivity contribution in [3.63, 3.8) is 0 Å². The quantitative estimate of drug-likeness (QED) is 0.538. The molecule has 0 spiro atoms. The Morgan fingerprint density at radius 3 is 2.50 bits per heavy atom. The molecule has 7 heteroatoms. The minimum atomic E-state index is -4.00. The highest BCUT2D eigenvalue weighted by molar-refractivity contribution is 7.85. The second-order valence-corrected chi connectivity index (χ2v) is 4.92. The lowest BCUT2D eigenvalue weighted by Gasteiger charge is -2.09. The predicted octanol–water partition coefficient (Wildman–Crippen LogP) is 0.379. The SMILES string of the molecule is C=C(Cl)C(=O)NCC(C)CS(=O)(=O)O. The highest BCUT2D eigenvalue weighted by Gasteiger charge is 2.13. The van der Waals surface area contributed by atoms with Crippen LogP contribution in [0.1, 0.15) is 6.92 Å². The fourth-order valence-corrected chi connectivity index (χ4v) is 1.69. The Morgan fingerprint density at radius 2 is 2.14 bits per heavy atom. The van der Waals surface area contributed by atoms with Crippen molar-refractivity contribution < 1.29 is 17.8 Å². The number of carbonyl (C=O) groups excluding carboxylic acids is 1. The largest absolute Gasteiger partial charge is 0.351 e. The van der Waals surface area contributed by atoms with E-state index in [1.807, 2.05) is 0 Å². The molecule has 0 aromatic rings. The molecule has 1 amide bonds. The summed E-state index contributed by atoms with van der Waals surface area (Å²) in [6.45, 7) is 4.88. The van der Waals surface area contributed by atoms with E-state index in [2.05, 4.69) is 11.9 Å². The molecule has 82 valence electrons. The van der Waals surface area contributed by atoms with E-state index in [0.717, 1.165) is 0 Å². The van der Waals surface area contributed by atoms with Gasteiger partial charge in [0.25, 0.3) is 16.0 Å². The van der Waals surface area contributed by atoms with Crippen LogP contribution in [-0.4, -0.2) is 31.2 Å². The number of hydrogen-bond acceptors (Lipinski definition) is 3. The zero-order chi connectivity index (χ0) is 11.4. The van der Waals surface area contributed by atoms with Crippen molar-refractivity contribution in [3.05, 3.63) is 11.6 Å². The van der Waals surface area contributed by atoms with Crippen molar-refractivity contribution >= 4 is 27.6 Å². The Bertz CT molecular complexity index is 325. The number of halogens is 1. The van der Waals surface area contributed by atoms with E-state index in [1.165, 1.54) is 0 Å². The van der Waals surface area contributed by atoms with Gasteiger partial charge < -0.3 is 5.32 Å². The summed E-state index contributed by atoms with van der Waals surface area (Å²) in [6.07, 6.45) is 0. The van der Waals surface area contributed by atoms with E-state index in [-0.39, 0.29) is 17.5 Å². The third kappa shape index (κ3) is 6.88. The first kappa shape index (κ1) is 13.4.